The van der Waals surface area contributed by atoms with E-state index in [2.05, 4.69) is 27.8 Å². The van der Waals surface area contributed by atoms with Crippen LogP contribution in [-0.2, 0) is 0 Å². The first kappa shape index (κ1) is 12.8. The van der Waals surface area contributed by atoms with Gasteiger partial charge in [-0.05, 0) is 48.5 Å². The highest BCUT2D eigenvalue weighted by Gasteiger charge is 2.15. The zero-order valence-corrected chi connectivity index (χ0v) is 12.6. The molecule has 0 aliphatic heterocycles. The van der Waals surface area contributed by atoms with E-state index in [-0.39, 0.29) is 0 Å². The van der Waals surface area contributed by atoms with Gasteiger partial charge in [0, 0.05) is 16.3 Å². The fraction of sp³-hybridized carbons (Fsp3) is 0.462. The van der Waals surface area contributed by atoms with Crippen LogP contribution < -0.4 is 4.72 Å². The monoisotopic (exact) mass is 296 g/mol. The quantitative estimate of drug-likeness (QED) is 0.644. The largest absolute Gasteiger partial charge is 0.256 e. The van der Waals surface area contributed by atoms with Crippen molar-refractivity contribution in [2.75, 3.05) is 0 Å². The summed E-state index contributed by atoms with van der Waals surface area (Å²) < 4.78 is 9.31. The van der Waals surface area contributed by atoms with Crippen LogP contribution in [-0.4, -0.2) is 10.4 Å². The summed E-state index contributed by atoms with van der Waals surface area (Å²) >= 11 is 7.83. The van der Waals surface area contributed by atoms with E-state index in [0.717, 1.165) is 10.4 Å². The Morgan fingerprint density at radius 1 is 1.28 bits per heavy atom. The average molecular weight is 296 g/mol. The first-order valence-corrected chi connectivity index (χ1v) is 8.38. The van der Waals surface area contributed by atoms with Crippen molar-refractivity contribution in [3.8, 4) is 0 Å². The van der Waals surface area contributed by atoms with Crippen molar-refractivity contribution in [2.24, 2.45) is 0 Å². The lowest BCUT2D eigenvalue weighted by molar-refractivity contribution is 0.423. The minimum Gasteiger partial charge on any atom is -0.256 e. The van der Waals surface area contributed by atoms with Crippen LogP contribution in [0.25, 0.3) is 10.9 Å². The Labute approximate surface area is 121 Å². The highest BCUT2D eigenvalue weighted by molar-refractivity contribution is 7.99. The minimum absolute atomic E-state index is 0.660. The third kappa shape index (κ3) is 2.69. The third-order valence-electron chi connectivity index (χ3n) is 3.37. The maximum atomic E-state index is 4.53. The van der Waals surface area contributed by atoms with Gasteiger partial charge in [-0.15, -0.1) is 12.6 Å². The van der Waals surface area contributed by atoms with Crippen LogP contribution in [0.2, 0.25) is 0 Å². The molecule has 0 atom stereocenters. The third-order valence-corrected chi connectivity index (χ3v) is 5.72. The van der Waals surface area contributed by atoms with E-state index in [4.69, 9.17) is 0 Å². The lowest BCUT2D eigenvalue weighted by atomic mass is 9.96. The van der Waals surface area contributed by atoms with E-state index in [9.17, 15) is 0 Å². The van der Waals surface area contributed by atoms with Crippen LogP contribution in [0.5, 0.6) is 0 Å². The molecule has 0 spiro atoms. The second kappa shape index (κ2) is 5.82. The maximum absolute atomic E-state index is 4.53. The zero-order chi connectivity index (χ0) is 12.4. The standard InChI is InChI=1S/C13H16N2S3/c16-11-8-4-7-10-12(11)13(18-15-10)17-14-9-5-2-1-3-6-9/h4,7-9,14,16H,1-3,5-6H2. The summed E-state index contributed by atoms with van der Waals surface area (Å²) in [5.74, 6) is 0. The summed E-state index contributed by atoms with van der Waals surface area (Å²) in [7, 11) is 0. The summed E-state index contributed by atoms with van der Waals surface area (Å²) in [5.41, 5.74) is 1.06. The van der Waals surface area contributed by atoms with E-state index in [1.807, 2.05) is 12.1 Å². The van der Waals surface area contributed by atoms with Crippen molar-refractivity contribution in [1.82, 2.24) is 9.10 Å². The molecule has 0 saturated heterocycles. The van der Waals surface area contributed by atoms with E-state index in [0.29, 0.717) is 6.04 Å². The molecule has 0 radical (unpaired) electrons. The Bertz CT molecular complexity index is 532. The maximum Gasteiger partial charge on any atom is 0.105 e. The summed E-state index contributed by atoms with van der Waals surface area (Å²) in [5, 5.41) is 1.19. The highest BCUT2D eigenvalue weighted by Crippen LogP contribution is 2.35. The Hall–Kier alpha value is -0.230. The van der Waals surface area contributed by atoms with Crippen molar-refractivity contribution < 1.29 is 0 Å². The van der Waals surface area contributed by atoms with Gasteiger partial charge in [0.2, 0.25) is 0 Å². The number of rotatable bonds is 3. The topological polar surface area (TPSA) is 24.9 Å². The van der Waals surface area contributed by atoms with Crippen LogP contribution in [0.15, 0.2) is 27.3 Å². The fourth-order valence-corrected chi connectivity index (χ4v) is 4.71. The molecule has 1 aromatic heterocycles. The predicted octanol–water partition coefficient (Wildman–Crippen LogP) is 4.51. The molecule has 5 heteroatoms. The molecule has 0 bridgehead atoms. The van der Waals surface area contributed by atoms with Crippen LogP contribution in [0, 0.1) is 0 Å². The Morgan fingerprint density at radius 3 is 2.94 bits per heavy atom. The number of nitrogens with zero attached hydrogens (tertiary/aromatic N) is 1. The lowest BCUT2D eigenvalue weighted by Gasteiger charge is -2.21. The highest BCUT2D eigenvalue weighted by atomic mass is 32.2. The van der Waals surface area contributed by atoms with Crippen molar-refractivity contribution >= 4 is 47.0 Å². The van der Waals surface area contributed by atoms with Gasteiger partial charge in [-0.25, -0.2) is 0 Å². The Balaban J connectivity index is 1.74. The number of thiol groups is 1. The molecule has 3 rings (SSSR count). The number of benzene rings is 1. The number of hydrogen-bond acceptors (Lipinski definition) is 5. The van der Waals surface area contributed by atoms with Crippen LogP contribution in [0.3, 0.4) is 0 Å². The summed E-state index contributed by atoms with van der Waals surface area (Å²) in [6.45, 7) is 0. The first-order chi connectivity index (χ1) is 8.84. The lowest BCUT2D eigenvalue weighted by Crippen LogP contribution is -2.25. The van der Waals surface area contributed by atoms with Gasteiger partial charge in [-0.1, -0.05) is 25.3 Å². The van der Waals surface area contributed by atoms with Gasteiger partial charge in [0.05, 0.1) is 5.52 Å². The molecule has 2 nitrogen and oxygen atoms in total. The van der Waals surface area contributed by atoms with Crippen LogP contribution in [0.1, 0.15) is 32.1 Å². The molecule has 0 amide bonds. The summed E-state index contributed by atoms with van der Waals surface area (Å²) in [6.07, 6.45) is 6.72. The van der Waals surface area contributed by atoms with E-state index in [1.54, 1.807) is 23.5 Å². The van der Waals surface area contributed by atoms with Crippen LogP contribution in [0.4, 0.5) is 0 Å². The molecule has 2 aromatic rings. The van der Waals surface area contributed by atoms with Gasteiger partial charge < -0.3 is 0 Å². The molecule has 1 aliphatic carbocycles. The van der Waals surface area contributed by atoms with Gasteiger partial charge in [0.25, 0.3) is 0 Å². The number of fused-ring (bicyclic) bond motifs is 1. The second-order valence-corrected chi connectivity index (χ2v) is 7.06. The molecule has 1 aromatic carbocycles. The van der Waals surface area contributed by atoms with Gasteiger partial charge in [0.15, 0.2) is 0 Å². The molecule has 1 N–H and O–H groups in total. The number of aromatic nitrogens is 1. The minimum atomic E-state index is 0.660. The first-order valence-electron chi connectivity index (χ1n) is 6.34. The molecule has 0 unspecified atom stereocenters. The molecule has 1 saturated carbocycles. The second-order valence-electron chi connectivity index (χ2n) is 4.70. The van der Waals surface area contributed by atoms with E-state index in [1.165, 1.54) is 41.7 Å². The van der Waals surface area contributed by atoms with Gasteiger partial charge in [-0.2, -0.15) is 4.37 Å². The van der Waals surface area contributed by atoms with Gasteiger partial charge in [-0.3, -0.25) is 4.72 Å². The molecule has 1 aliphatic rings. The van der Waals surface area contributed by atoms with Crippen molar-refractivity contribution in [3.05, 3.63) is 18.2 Å². The molecule has 1 fully saturated rings. The number of hydrogen-bond donors (Lipinski definition) is 2. The fourth-order valence-electron chi connectivity index (χ4n) is 2.38. The van der Waals surface area contributed by atoms with E-state index < -0.39 is 0 Å². The molecule has 96 valence electrons. The molecule has 1 heterocycles. The SMILES string of the molecule is Sc1cccc2nsc(SNC3CCCCC3)c12. The van der Waals surface area contributed by atoms with Gasteiger partial charge in [0.1, 0.15) is 4.21 Å². The Morgan fingerprint density at radius 2 is 2.11 bits per heavy atom. The predicted molar refractivity (Wildman–Crippen MR) is 82.7 cm³/mol. The molecular formula is C13H16N2S3. The van der Waals surface area contributed by atoms with Crippen molar-refractivity contribution in [3.63, 3.8) is 0 Å². The summed E-state index contributed by atoms with van der Waals surface area (Å²) in [4.78, 5) is 1.02. The normalized spacial score (nSPS) is 17.4. The Kier molecular flexibility index (Phi) is 4.13. The van der Waals surface area contributed by atoms with Crippen molar-refractivity contribution in [2.45, 2.75) is 47.3 Å². The molecular weight excluding hydrogens is 280 g/mol. The number of nitrogens with one attached hydrogen (secondary N) is 1. The molecule has 18 heavy (non-hydrogen) atoms. The van der Waals surface area contributed by atoms with Gasteiger partial charge >= 0.3 is 0 Å². The van der Waals surface area contributed by atoms with Crippen LogP contribution >= 0.6 is 36.1 Å². The smallest absolute Gasteiger partial charge is 0.105 e. The van der Waals surface area contributed by atoms with E-state index >= 15 is 0 Å². The zero-order valence-electron chi connectivity index (χ0n) is 10.1. The van der Waals surface area contributed by atoms with Crippen molar-refractivity contribution in [1.29, 1.82) is 0 Å². The summed E-state index contributed by atoms with van der Waals surface area (Å²) in [6, 6.07) is 6.75. The average Bonchev–Trinajstić information content (AvgIpc) is 2.82.